The maximum Gasteiger partial charge on any atom is 0.343 e. The Labute approximate surface area is 405 Å². The summed E-state index contributed by atoms with van der Waals surface area (Å²) < 4.78 is 36.4. The zero-order chi connectivity index (χ0) is 48.0. The predicted molar refractivity (Wildman–Crippen MR) is 273 cm³/mol. The van der Waals surface area contributed by atoms with E-state index in [1.165, 1.54) is 32.1 Å². The zero-order valence-corrected chi connectivity index (χ0v) is 41.1. The first-order valence-corrected chi connectivity index (χ1v) is 25.4. The second-order valence-corrected chi connectivity index (χ2v) is 17.2. The standard InChI is InChI=1S/C58H74N2O8/c1-5-9-13-17-18-22-39-63-51-37-31-50(32-38-51)60-59-49-29-23-47(24-30-49)57(61)67-52-33-25-45(26-34-52)46-27-35-53(36-28-46)68-58(62)48-43-54(64-40-19-14-10-6-2)56(66-42-21-16-12-8-4)55(44-48)65-41-20-15-11-7-3/h23-38,43-44H,5-22,39-42H2,1-4H3. The van der Waals surface area contributed by atoms with Crippen molar-refractivity contribution in [3.05, 3.63) is 120 Å². The van der Waals surface area contributed by atoms with Crippen molar-refractivity contribution in [3.63, 3.8) is 0 Å². The fraction of sp³-hybridized carbons (Fsp3) is 0.448. The Hall–Kier alpha value is -6.16. The highest BCUT2D eigenvalue weighted by Crippen LogP contribution is 2.40. The number of esters is 2. The molecule has 0 radical (unpaired) electrons. The highest BCUT2D eigenvalue weighted by molar-refractivity contribution is 5.93. The number of hydrogen-bond acceptors (Lipinski definition) is 10. The lowest BCUT2D eigenvalue weighted by Crippen LogP contribution is -2.12. The Morgan fingerprint density at radius 3 is 1.18 bits per heavy atom. The summed E-state index contributed by atoms with van der Waals surface area (Å²) in [5.74, 6) is 2.17. The Morgan fingerprint density at radius 2 is 0.721 bits per heavy atom. The summed E-state index contributed by atoms with van der Waals surface area (Å²) >= 11 is 0. The van der Waals surface area contributed by atoms with E-state index in [4.69, 9.17) is 28.4 Å². The van der Waals surface area contributed by atoms with Crippen molar-refractivity contribution in [1.29, 1.82) is 0 Å². The van der Waals surface area contributed by atoms with Crippen LogP contribution < -0.4 is 28.4 Å². The first kappa shape index (κ1) is 52.8. The number of benzene rings is 5. The van der Waals surface area contributed by atoms with Crippen molar-refractivity contribution in [2.24, 2.45) is 10.2 Å². The molecule has 0 aliphatic carbocycles. The van der Waals surface area contributed by atoms with Gasteiger partial charge in [0.1, 0.15) is 17.2 Å². The molecule has 0 N–H and O–H groups in total. The molecule has 5 rings (SSSR count). The quantitative estimate of drug-likeness (QED) is 0.0177. The van der Waals surface area contributed by atoms with Gasteiger partial charge in [0.15, 0.2) is 11.5 Å². The van der Waals surface area contributed by atoms with Crippen LogP contribution in [0.1, 0.15) is 164 Å². The maximum atomic E-state index is 13.7. The smallest absolute Gasteiger partial charge is 0.343 e. The Balaban J connectivity index is 1.15. The minimum absolute atomic E-state index is 0.327. The fourth-order valence-electron chi connectivity index (χ4n) is 7.40. The lowest BCUT2D eigenvalue weighted by atomic mass is 10.1. The number of ether oxygens (including phenoxy) is 6. The van der Waals surface area contributed by atoms with Crippen LogP contribution in [-0.2, 0) is 0 Å². The van der Waals surface area contributed by atoms with E-state index in [0.29, 0.717) is 77.7 Å². The van der Waals surface area contributed by atoms with Crippen LogP contribution in [0.2, 0.25) is 0 Å². The second kappa shape index (κ2) is 31.0. The van der Waals surface area contributed by atoms with Gasteiger partial charge in [-0.15, -0.1) is 0 Å². The molecule has 0 bridgehead atoms. The van der Waals surface area contributed by atoms with Gasteiger partial charge in [-0.05, 0) is 122 Å². The van der Waals surface area contributed by atoms with Gasteiger partial charge in [0.25, 0.3) is 0 Å². The molecule has 5 aromatic carbocycles. The highest BCUT2D eigenvalue weighted by atomic mass is 16.5. The van der Waals surface area contributed by atoms with Crippen molar-refractivity contribution in [2.45, 2.75) is 143 Å². The Kier molecular flexibility index (Phi) is 24.1. The van der Waals surface area contributed by atoms with Crippen LogP contribution in [0.15, 0.2) is 119 Å². The third-order valence-corrected chi connectivity index (χ3v) is 11.5. The summed E-state index contributed by atoms with van der Waals surface area (Å²) in [6.45, 7) is 11.1. The second-order valence-electron chi connectivity index (χ2n) is 17.2. The minimum atomic E-state index is -0.519. The van der Waals surface area contributed by atoms with E-state index < -0.39 is 11.9 Å². The molecule has 0 aliphatic heterocycles. The van der Waals surface area contributed by atoms with E-state index in [0.717, 1.165) is 100 Å². The summed E-state index contributed by atoms with van der Waals surface area (Å²) in [5.41, 5.74) is 3.84. The van der Waals surface area contributed by atoms with Gasteiger partial charge in [0.2, 0.25) is 5.75 Å². The van der Waals surface area contributed by atoms with E-state index in [9.17, 15) is 9.59 Å². The van der Waals surface area contributed by atoms with Gasteiger partial charge in [0.05, 0.1) is 48.9 Å². The summed E-state index contributed by atoms with van der Waals surface area (Å²) in [7, 11) is 0. The van der Waals surface area contributed by atoms with Crippen LogP contribution in [0.4, 0.5) is 11.4 Å². The molecule has 364 valence electrons. The Morgan fingerprint density at radius 1 is 0.368 bits per heavy atom. The van der Waals surface area contributed by atoms with Gasteiger partial charge < -0.3 is 28.4 Å². The van der Waals surface area contributed by atoms with Gasteiger partial charge in [-0.2, -0.15) is 10.2 Å². The number of carbonyl (C=O) groups is 2. The largest absolute Gasteiger partial charge is 0.494 e. The number of carbonyl (C=O) groups excluding carboxylic acids is 2. The molecule has 0 unspecified atom stereocenters. The monoisotopic (exact) mass is 927 g/mol. The summed E-state index contributed by atoms with van der Waals surface area (Å²) in [4.78, 5) is 26.7. The van der Waals surface area contributed by atoms with Crippen LogP contribution in [0, 0.1) is 0 Å². The predicted octanol–water partition coefficient (Wildman–Crippen LogP) is 16.8. The summed E-state index contributed by atoms with van der Waals surface area (Å²) in [6.07, 6.45) is 20.2. The molecule has 0 aliphatic rings. The molecule has 0 saturated heterocycles. The minimum Gasteiger partial charge on any atom is -0.494 e. The van der Waals surface area contributed by atoms with Crippen LogP contribution in [-0.4, -0.2) is 38.4 Å². The van der Waals surface area contributed by atoms with Gasteiger partial charge >= 0.3 is 11.9 Å². The molecule has 0 saturated carbocycles. The normalized spacial score (nSPS) is 11.1. The Bertz CT molecular complexity index is 2190. The molecule has 0 aromatic heterocycles. The summed E-state index contributed by atoms with van der Waals surface area (Å²) in [5, 5.41) is 8.65. The van der Waals surface area contributed by atoms with Gasteiger partial charge in [-0.3, -0.25) is 0 Å². The van der Waals surface area contributed by atoms with E-state index in [-0.39, 0.29) is 0 Å². The molecular weight excluding hydrogens is 853 g/mol. The van der Waals surface area contributed by atoms with Crippen molar-refractivity contribution >= 4 is 23.3 Å². The van der Waals surface area contributed by atoms with Crippen molar-refractivity contribution in [1.82, 2.24) is 0 Å². The molecule has 0 amide bonds. The number of nitrogens with zero attached hydrogens (tertiary/aromatic N) is 2. The third-order valence-electron chi connectivity index (χ3n) is 11.5. The van der Waals surface area contributed by atoms with Crippen molar-refractivity contribution in [2.75, 3.05) is 26.4 Å². The molecule has 0 heterocycles. The molecular formula is C58H74N2O8. The zero-order valence-electron chi connectivity index (χ0n) is 41.1. The van der Waals surface area contributed by atoms with E-state index in [2.05, 4.69) is 37.9 Å². The van der Waals surface area contributed by atoms with Crippen molar-refractivity contribution in [3.8, 4) is 45.6 Å². The molecule has 5 aromatic rings. The van der Waals surface area contributed by atoms with E-state index >= 15 is 0 Å². The van der Waals surface area contributed by atoms with Gasteiger partial charge in [-0.1, -0.05) is 142 Å². The van der Waals surface area contributed by atoms with Crippen LogP contribution in [0.25, 0.3) is 11.1 Å². The van der Waals surface area contributed by atoms with Crippen LogP contribution >= 0.6 is 0 Å². The molecule has 0 spiro atoms. The SMILES string of the molecule is CCCCCCCCOc1ccc(N=Nc2ccc(C(=O)Oc3ccc(-c4ccc(OC(=O)c5cc(OCCCCCC)c(OCCCCCC)c(OCCCCCC)c5)cc4)cc3)cc2)cc1. The topological polar surface area (TPSA) is 114 Å². The van der Waals surface area contributed by atoms with Gasteiger partial charge in [0, 0.05) is 0 Å². The fourth-order valence-corrected chi connectivity index (χ4v) is 7.40. The average Bonchev–Trinajstić information content (AvgIpc) is 3.36. The van der Waals surface area contributed by atoms with Crippen LogP contribution in [0.5, 0.6) is 34.5 Å². The number of azo groups is 1. The highest BCUT2D eigenvalue weighted by Gasteiger charge is 2.21. The van der Waals surface area contributed by atoms with Crippen LogP contribution in [0.3, 0.4) is 0 Å². The first-order chi connectivity index (χ1) is 33.4. The molecule has 10 nitrogen and oxygen atoms in total. The number of rotatable bonds is 33. The van der Waals surface area contributed by atoms with Crippen molar-refractivity contribution < 1.29 is 38.0 Å². The number of hydrogen-bond donors (Lipinski definition) is 0. The first-order valence-electron chi connectivity index (χ1n) is 25.4. The third kappa shape index (κ3) is 18.8. The molecule has 10 heteroatoms. The van der Waals surface area contributed by atoms with E-state index in [1.807, 2.05) is 48.5 Å². The molecule has 68 heavy (non-hydrogen) atoms. The average molecular weight is 927 g/mol. The van der Waals surface area contributed by atoms with E-state index in [1.54, 1.807) is 60.7 Å². The number of unbranched alkanes of at least 4 members (excludes halogenated alkanes) is 14. The lowest BCUT2D eigenvalue weighted by molar-refractivity contribution is 0.0724. The molecule has 0 fully saturated rings. The van der Waals surface area contributed by atoms with Gasteiger partial charge in [-0.25, -0.2) is 9.59 Å². The maximum absolute atomic E-state index is 13.7. The molecule has 0 atom stereocenters. The lowest BCUT2D eigenvalue weighted by Gasteiger charge is -2.19. The summed E-state index contributed by atoms with van der Waals surface area (Å²) in [6, 6.07) is 32.3.